The van der Waals surface area contributed by atoms with Crippen LogP contribution in [0.1, 0.15) is 46.5 Å². The molecule has 2 atom stereocenters. The molecule has 0 aromatic rings. The molecule has 16 heavy (non-hydrogen) atoms. The van der Waals surface area contributed by atoms with E-state index in [1.165, 1.54) is 25.7 Å². The highest BCUT2D eigenvalue weighted by atomic mass is 16.4. The lowest BCUT2D eigenvalue weighted by Crippen LogP contribution is -2.43. The third-order valence-corrected chi connectivity index (χ3v) is 3.76. The van der Waals surface area contributed by atoms with Crippen molar-refractivity contribution in [1.82, 2.24) is 4.90 Å². The van der Waals surface area contributed by atoms with Crippen LogP contribution in [0.3, 0.4) is 0 Å². The van der Waals surface area contributed by atoms with Gasteiger partial charge in [-0.15, -0.1) is 0 Å². The number of nitrogens with zero attached hydrogens (tertiary/aromatic N) is 1. The molecule has 0 amide bonds. The topological polar surface area (TPSA) is 40.5 Å². The van der Waals surface area contributed by atoms with Crippen molar-refractivity contribution in [2.75, 3.05) is 13.6 Å². The Morgan fingerprint density at radius 1 is 1.44 bits per heavy atom. The van der Waals surface area contributed by atoms with Crippen LogP contribution < -0.4 is 0 Å². The second-order valence-corrected chi connectivity index (χ2v) is 6.03. The lowest BCUT2D eigenvalue weighted by atomic mass is 9.85. The second-order valence-electron chi connectivity index (χ2n) is 6.03. The van der Waals surface area contributed by atoms with Gasteiger partial charge < -0.3 is 10.0 Å². The van der Waals surface area contributed by atoms with Crippen LogP contribution in [0.15, 0.2) is 0 Å². The molecule has 1 saturated carbocycles. The highest BCUT2D eigenvalue weighted by Crippen LogP contribution is 2.28. The maximum Gasteiger partial charge on any atom is 0.310 e. The monoisotopic (exact) mass is 227 g/mol. The maximum atomic E-state index is 11.1. The molecule has 1 N–H and O–H groups in total. The summed E-state index contributed by atoms with van der Waals surface area (Å²) in [6.07, 6.45) is 5.04. The van der Waals surface area contributed by atoms with E-state index in [-0.39, 0.29) is 0 Å². The molecule has 0 aromatic carbocycles. The lowest BCUT2D eigenvalue weighted by Gasteiger charge is -2.37. The fraction of sp³-hybridized carbons (Fsp3) is 0.923. The van der Waals surface area contributed by atoms with E-state index in [0.717, 1.165) is 5.92 Å². The molecule has 1 aliphatic carbocycles. The van der Waals surface area contributed by atoms with Gasteiger partial charge in [0.25, 0.3) is 0 Å². The van der Waals surface area contributed by atoms with Crippen molar-refractivity contribution in [3.63, 3.8) is 0 Å². The van der Waals surface area contributed by atoms with Crippen LogP contribution in [0.5, 0.6) is 0 Å². The van der Waals surface area contributed by atoms with Gasteiger partial charge in [0.15, 0.2) is 0 Å². The number of carboxylic acids is 1. The van der Waals surface area contributed by atoms with E-state index in [1.807, 2.05) is 0 Å². The minimum Gasteiger partial charge on any atom is -0.481 e. The van der Waals surface area contributed by atoms with E-state index >= 15 is 0 Å². The van der Waals surface area contributed by atoms with E-state index in [4.69, 9.17) is 5.11 Å². The number of hydrogen-bond acceptors (Lipinski definition) is 2. The number of aliphatic carboxylic acids is 1. The van der Waals surface area contributed by atoms with Crippen molar-refractivity contribution >= 4 is 5.97 Å². The number of hydrogen-bond donors (Lipinski definition) is 1. The summed E-state index contributed by atoms with van der Waals surface area (Å²) in [5.41, 5.74) is -0.643. The van der Waals surface area contributed by atoms with Gasteiger partial charge in [-0.05, 0) is 39.7 Å². The predicted octanol–water partition coefficient (Wildman–Crippen LogP) is 2.61. The molecule has 2 unspecified atom stereocenters. The Labute approximate surface area is 98.8 Å². The van der Waals surface area contributed by atoms with Gasteiger partial charge in [-0.3, -0.25) is 4.79 Å². The zero-order chi connectivity index (χ0) is 12.3. The smallest absolute Gasteiger partial charge is 0.310 e. The van der Waals surface area contributed by atoms with Crippen LogP contribution in [0, 0.1) is 11.3 Å². The maximum absolute atomic E-state index is 11.1. The van der Waals surface area contributed by atoms with Crippen molar-refractivity contribution in [3.8, 4) is 0 Å². The zero-order valence-electron chi connectivity index (χ0n) is 11.0. The van der Waals surface area contributed by atoms with Gasteiger partial charge in [0, 0.05) is 12.6 Å². The molecule has 3 nitrogen and oxygen atoms in total. The Hall–Kier alpha value is -0.570. The molecule has 1 aliphatic rings. The molecule has 0 spiro atoms. The van der Waals surface area contributed by atoms with Crippen molar-refractivity contribution in [2.45, 2.75) is 52.5 Å². The van der Waals surface area contributed by atoms with Crippen LogP contribution in [0.4, 0.5) is 0 Å². The summed E-state index contributed by atoms with van der Waals surface area (Å²) in [7, 11) is 2.06. The molecular formula is C13H25NO2. The summed E-state index contributed by atoms with van der Waals surface area (Å²) >= 11 is 0. The molecule has 0 heterocycles. The Kier molecular flexibility index (Phi) is 4.36. The Balaban J connectivity index is 2.51. The molecule has 94 valence electrons. The largest absolute Gasteiger partial charge is 0.481 e. The minimum absolute atomic E-state index is 0.572. The van der Waals surface area contributed by atoms with Gasteiger partial charge in [-0.1, -0.05) is 19.8 Å². The predicted molar refractivity (Wildman–Crippen MR) is 65.5 cm³/mol. The number of rotatable bonds is 4. The van der Waals surface area contributed by atoms with Crippen LogP contribution in [0.25, 0.3) is 0 Å². The standard InChI is InChI=1S/C13H25NO2/c1-10-6-5-7-11(8-10)14(4)9-13(2,3)12(15)16/h10-11H,5-9H2,1-4H3,(H,15,16). The number of carboxylic acid groups (broad SMARTS) is 1. The van der Waals surface area contributed by atoms with Crippen molar-refractivity contribution in [1.29, 1.82) is 0 Å². The summed E-state index contributed by atoms with van der Waals surface area (Å²) in [5, 5.41) is 9.11. The fourth-order valence-electron chi connectivity index (χ4n) is 2.62. The third-order valence-electron chi connectivity index (χ3n) is 3.76. The zero-order valence-corrected chi connectivity index (χ0v) is 11.0. The molecular weight excluding hydrogens is 202 g/mol. The summed E-state index contributed by atoms with van der Waals surface area (Å²) < 4.78 is 0. The summed E-state index contributed by atoms with van der Waals surface area (Å²) in [5.74, 6) is 0.0809. The summed E-state index contributed by atoms with van der Waals surface area (Å²) in [6.45, 7) is 6.54. The summed E-state index contributed by atoms with van der Waals surface area (Å²) in [6, 6.07) is 0.572. The molecule has 0 bridgehead atoms. The van der Waals surface area contributed by atoms with Crippen LogP contribution in [-0.4, -0.2) is 35.6 Å². The minimum atomic E-state index is -0.705. The highest BCUT2D eigenvalue weighted by Gasteiger charge is 2.32. The molecule has 1 fully saturated rings. The number of carbonyl (C=O) groups is 1. The molecule has 3 heteroatoms. The second kappa shape index (κ2) is 5.17. The normalized spacial score (nSPS) is 27.1. The van der Waals surface area contributed by atoms with Crippen molar-refractivity contribution in [2.24, 2.45) is 11.3 Å². The first-order chi connectivity index (χ1) is 7.33. The van der Waals surface area contributed by atoms with Crippen LogP contribution in [0.2, 0.25) is 0 Å². The summed E-state index contributed by atoms with van der Waals surface area (Å²) in [4.78, 5) is 13.3. The molecule has 0 radical (unpaired) electrons. The highest BCUT2D eigenvalue weighted by molar-refractivity contribution is 5.73. The van der Waals surface area contributed by atoms with Gasteiger partial charge >= 0.3 is 5.97 Å². The first-order valence-electron chi connectivity index (χ1n) is 6.26. The molecule has 1 rings (SSSR count). The fourth-order valence-corrected chi connectivity index (χ4v) is 2.62. The Bertz CT molecular complexity index is 250. The average Bonchev–Trinajstić information content (AvgIpc) is 2.16. The third kappa shape index (κ3) is 3.48. The average molecular weight is 227 g/mol. The first-order valence-corrected chi connectivity index (χ1v) is 6.26. The van der Waals surface area contributed by atoms with E-state index in [9.17, 15) is 4.79 Å². The van der Waals surface area contributed by atoms with Gasteiger partial charge in [0.2, 0.25) is 0 Å². The van der Waals surface area contributed by atoms with E-state index in [2.05, 4.69) is 18.9 Å². The molecule has 0 aromatic heterocycles. The van der Waals surface area contributed by atoms with E-state index in [0.29, 0.717) is 12.6 Å². The first kappa shape index (κ1) is 13.5. The Morgan fingerprint density at radius 3 is 2.56 bits per heavy atom. The van der Waals surface area contributed by atoms with Gasteiger partial charge in [-0.2, -0.15) is 0 Å². The quantitative estimate of drug-likeness (QED) is 0.802. The van der Waals surface area contributed by atoms with E-state index in [1.54, 1.807) is 13.8 Å². The van der Waals surface area contributed by atoms with Crippen LogP contribution in [-0.2, 0) is 4.79 Å². The molecule has 0 saturated heterocycles. The van der Waals surface area contributed by atoms with Gasteiger partial charge in [-0.25, -0.2) is 0 Å². The van der Waals surface area contributed by atoms with Gasteiger partial charge in [0.05, 0.1) is 5.41 Å². The van der Waals surface area contributed by atoms with E-state index < -0.39 is 11.4 Å². The molecule has 0 aliphatic heterocycles. The SMILES string of the molecule is CC1CCCC(N(C)CC(C)(C)C(=O)O)C1. The van der Waals surface area contributed by atoms with Crippen molar-refractivity contribution < 1.29 is 9.90 Å². The Morgan fingerprint density at radius 2 is 2.06 bits per heavy atom. The van der Waals surface area contributed by atoms with Gasteiger partial charge in [0.1, 0.15) is 0 Å². The van der Waals surface area contributed by atoms with Crippen LogP contribution >= 0.6 is 0 Å². The lowest BCUT2D eigenvalue weighted by molar-refractivity contribution is -0.148. The van der Waals surface area contributed by atoms with Crippen molar-refractivity contribution in [3.05, 3.63) is 0 Å².